The number of piperazine rings is 1. The second kappa shape index (κ2) is 5.94. The van der Waals surface area contributed by atoms with E-state index in [-0.39, 0.29) is 5.91 Å². The van der Waals surface area contributed by atoms with Crippen LogP contribution >= 0.6 is 11.3 Å². The molecule has 0 unspecified atom stereocenters. The molecule has 3 rings (SSSR count). The summed E-state index contributed by atoms with van der Waals surface area (Å²) in [5.74, 6) is -0.00844. The fraction of sp³-hybridized carbons (Fsp3) is 0.267. The number of nitrogens with zero attached hydrogens (tertiary/aromatic N) is 4. The Morgan fingerprint density at radius 3 is 2.76 bits per heavy atom. The quantitative estimate of drug-likeness (QED) is 0.850. The van der Waals surface area contributed by atoms with Crippen LogP contribution in [-0.2, 0) is 0 Å². The molecule has 1 fully saturated rings. The molecule has 106 valence electrons. The van der Waals surface area contributed by atoms with Crippen LogP contribution in [0.1, 0.15) is 15.9 Å². The SMILES string of the molecule is N#Cc1cccc(C(=O)N2CCN(c3nccs3)CC2)c1. The number of nitriles is 1. The van der Waals surface area contributed by atoms with Crippen molar-refractivity contribution in [2.45, 2.75) is 0 Å². The average molecular weight is 298 g/mol. The Hall–Kier alpha value is -2.39. The molecule has 2 aromatic rings. The number of aromatic nitrogens is 1. The van der Waals surface area contributed by atoms with Crippen molar-refractivity contribution in [3.63, 3.8) is 0 Å². The van der Waals surface area contributed by atoms with Crippen molar-refractivity contribution in [3.8, 4) is 6.07 Å². The van der Waals surface area contributed by atoms with Crippen molar-refractivity contribution in [1.82, 2.24) is 9.88 Å². The number of rotatable bonds is 2. The predicted octanol–water partition coefficient (Wildman–Crippen LogP) is 1.98. The standard InChI is InChI=1S/C15H14N4OS/c16-11-12-2-1-3-13(10-12)14(20)18-5-7-19(8-6-18)15-17-4-9-21-15/h1-4,9-10H,5-8H2. The Labute approximate surface area is 127 Å². The van der Waals surface area contributed by atoms with E-state index in [1.807, 2.05) is 10.3 Å². The molecule has 0 atom stereocenters. The normalized spacial score (nSPS) is 14.8. The van der Waals surface area contributed by atoms with Crippen LogP contribution in [0.15, 0.2) is 35.8 Å². The molecule has 0 bridgehead atoms. The van der Waals surface area contributed by atoms with Crippen molar-refractivity contribution < 1.29 is 4.79 Å². The summed E-state index contributed by atoms with van der Waals surface area (Å²) in [7, 11) is 0. The van der Waals surface area contributed by atoms with Gasteiger partial charge in [0.05, 0.1) is 11.6 Å². The molecule has 1 aromatic heterocycles. The summed E-state index contributed by atoms with van der Waals surface area (Å²) >= 11 is 1.62. The van der Waals surface area contributed by atoms with Gasteiger partial charge in [0.25, 0.3) is 5.91 Å². The molecule has 1 aromatic carbocycles. The number of hydrogen-bond acceptors (Lipinski definition) is 5. The topological polar surface area (TPSA) is 60.2 Å². The minimum atomic E-state index is -0.00844. The third-order valence-electron chi connectivity index (χ3n) is 3.50. The van der Waals surface area contributed by atoms with E-state index in [0.717, 1.165) is 18.2 Å². The summed E-state index contributed by atoms with van der Waals surface area (Å²) < 4.78 is 0. The summed E-state index contributed by atoms with van der Waals surface area (Å²) in [6.45, 7) is 2.93. The van der Waals surface area contributed by atoms with Crippen LogP contribution in [0.25, 0.3) is 0 Å². The zero-order chi connectivity index (χ0) is 14.7. The second-order valence-electron chi connectivity index (χ2n) is 4.79. The Balaban J connectivity index is 1.66. The molecule has 1 aliphatic rings. The highest BCUT2D eigenvalue weighted by molar-refractivity contribution is 7.13. The van der Waals surface area contributed by atoms with Gasteiger partial charge in [-0.15, -0.1) is 11.3 Å². The molecule has 5 nitrogen and oxygen atoms in total. The van der Waals surface area contributed by atoms with Crippen molar-refractivity contribution in [3.05, 3.63) is 47.0 Å². The number of benzene rings is 1. The summed E-state index contributed by atoms with van der Waals surface area (Å²) in [6.07, 6.45) is 1.80. The highest BCUT2D eigenvalue weighted by Crippen LogP contribution is 2.19. The monoisotopic (exact) mass is 298 g/mol. The van der Waals surface area contributed by atoms with Crippen molar-refractivity contribution in [1.29, 1.82) is 5.26 Å². The van der Waals surface area contributed by atoms with Gasteiger partial charge in [0, 0.05) is 43.3 Å². The van der Waals surface area contributed by atoms with Gasteiger partial charge < -0.3 is 9.80 Å². The fourth-order valence-electron chi connectivity index (χ4n) is 2.38. The molecule has 1 saturated heterocycles. The highest BCUT2D eigenvalue weighted by Gasteiger charge is 2.23. The Morgan fingerprint density at radius 1 is 1.29 bits per heavy atom. The number of hydrogen-bond donors (Lipinski definition) is 0. The second-order valence-corrected chi connectivity index (χ2v) is 5.66. The molecular weight excluding hydrogens is 284 g/mol. The van der Waals surface area contributed by atoms with E-state index < -0.39 is 0 Å². The van der Waals surface area contributed by atoms with Gasteiger partial charge in [-0.05, 0) is 18.2 Å². The van der Waals surface area contributed by atoms with Crippen LogP contribution in [0.5, 0.6) is 0 Å². The van der Waals surface area contributed by atoms with Crippen LogP contribution in [0.4, 0.5) is 5.13 Å². The first-order valence-electron chi connectivity index (χ1n) is 6.72. The van der Waals surface area contributed by atoms with Gasteiger partial charge in [0.2, 0.25) is 0 Å². The van der Waals surface area contributed by atoms with Gasteiger partial charge in [0.1, 0.15) is 0 Å². The van der Waals surface area contributed by atoms with E-state index in [9.17, 15) is 4.79 Å². The van der Waals surface area contributed by atoms with Crippen LogP contribution in [0, 0.1) is 11.3 Å². The zero-order valence-corrected chi connectivity index (χ0v) is 12.2. The molecule has 0 N–H and O–H groups in total. The number of thiazole rings is 1. The first-order chi connectivity index (χ1) is 10.3. The van der Waals surface area contributed by atoms with Crippen molar-refractivity contribution >= 4 is 22.4 Å². The first-order valence-corrected chi connectivity index (χ1v) is 7.60. The molecule has 21 heavy (non-hydrogen) atoms. The fourth-order valence-corrected chi connectivity index (χ4v) is 3.07. The number of carbonyl (C=O) groups excluding carboxylic acids is 1. The molecule has 1 amide bonds. The maximum atomic E-state index is 12.4. The smallest absolute Gasteiger partial charge is 0.254 e. The van der Waals surface area contributed by atoms with Gasteiger partial charge in [-0.2, -0.15) is 5.26 Å². The molecule has 0 radical (unpaired) electrons. The largest absolute Gasteiger partial charge is 0.345 e. The van der Waals surface area contributed by atoms with Gasteiger partial charge >= 0.3 is 0 Å². The van der Waals surface area contributed by atoms with E-state index in [1.54, 1.807) is 41.8 Å². The molecule has 0 spiro atoms. The van der Waals surface area contributed by atoms with Gasteiger partial charge in [-0.25, -0.2) is 4.98 Å². The maximum Gasteiger partial charge on any atom is 0.254 e. The minimum Gasteiger partial charge on any atom is -0.345 e. The summed E-state index contributed by atoms with van der Waals surface area (Å²) in [5, 5.41) is 11.9. The number of carbonyl (C=O) groups is 1. The predicted molar refractivity (Wildman–Crippen MR) is 81.4 cm³/mol. The van der Waals surface area contributed by atoms with Crippen molar-refractivity contribution in [2.75, 3.05) is 31.1 Å². The van der Waals surface area contributed by atoms with Gasteiger partial charge in [-0.3, -0.25) is 4.79 Å². The molecular formula is C15H14N4OS. The van der Waals surface area contributed by atoms with E-state index in [0.29, 0.717) is 24.2 Å². The lowest BCUT2D eigenvalue weighted by molar-refractivity contribution is 0.0746. The van der Waals surface area contributed by atoms with E-state index in [1.165, 1.54) is 0 Å². The molecule has 0 aliphatic carbocycles. The van der Waals surface area contributed by atoms with Crippen molar-refractivity contribution in [2.24, 2.45) is 0 Å². The third kappa shape index (κ3) is 2.88. The summed E-state index contributed by atoms with van der Waals surface area (Å²) in [5.41, 5.74) is 1.10. The first kappa shape index (κ1) is 13.6. The van der Waals surface area contributed by atoms with Gasteiger partial charge in [0.15, 0.2) is 5.13 Å². The number of anilines is 1. The van der Waals surface area contributed by atoms with E-state index in [2.05, 4.69) is 16.0 Å². The maximum absolute atomic E-state index is 12.4. The molecule has 1 aliphatic heterocycles. The third-order valence-corrected chi connectivity index (χ3v) is 4.33. The summed E-state index contributed by atoms with van der Waals surface area (Å²) in [6, 6.07) is 8.93. The van der Waals surface area contributed by atoms with E-state index >= 15 is 0 Å². The lowest BCUT2D eigenvalue weighted by atomic mass is 10.1. The molecule has 0 saturated carbocycles. The Kier molecular flexibility index (Phi) is 3.84. The van der Waals surface area contributed by atoms with Crippen LogP contribution in [0.3, 0.4) is 0 Å². The Bertz CT molecular complexity index is 669. The lowest BCUT2D eigenvalue weighted by Gasteiger charge is -2.34. The number of amides is 1. The average Bonchev–Trinajstić information content (AvgIpc) is 3.09. The minimum absolute atomic E-state index is 0.00844. The van der Waals surface area contributed by atoms with Crippen LogP contribution in [0.2, 0.25) is 0 Å². The van der Waals surface area contributed by atoms with Gasteiger partial charge in [-0.1, -0.05) is 6.07 Å². The Morgan fingerprint density at radius 2 is 2.10 bits per heavy atom. The van der Waals surface area contributed by atoms with Crippen LogP contribution in [-0.4, -0.2) is 42.0 Å². The zero-order valence-electron chi connectivity index (χ0n) is 11.4. The molecule has 6 heteroatoms. The van der Waals surface area contributed by atoms with Crippen LogP contribution < -0.4 is 4.90 Å². The lowest BCUT2D eigenvalue weighted by Crippen LogP contribution is -2.48. The highest BCUT2D eigenvalue weighted by atomic mass is 32.1. The summed E-state index contributed by atoms with van der Waals surface area (Å²) in [4.78, 5) is 20.8. The van der Waals surface area contributed by atoms with E-state index in [4.69, 9.17) is 5.26 Å². The molecule has 2 heterocycles.